The van der Waals surface area contributed by atoms with Gasteiger partial charge >= 0.3 is 6.18 Å². The summed E-state index contributed by atoms with van der Waals surface area (Å²) >= 11 is 5.85. The highest BCUT2D eigenvalue weighted by Gasteiger charge is 2.33. The molecule has 0 spiro atoms. The monoisotopic (exact) mass is 462 g/mol. The molecule has 2 heterocycles. The maximum atomic E-state index is 13.6. The third-order valence-electron chi connectivity index (χ3n) is 4.09. The number of aromatic amines is 1. The van der Waals surface area contributed by atoms with Crippen LogP contribution in [0, 0.1) is 12.7 Å². The third kappa shape index (κ3) is 4.73. The van der Waals surface area contributed by atoms with E-state index < -0.39 is 33.6 Å². The van der Waals surface area contributed by atoms with E-state index in [1.165, 1.54) is 31.2 Å². The number of hydrogen-bond acceptors (Lipinski definition) is 5. The fourth-order valence-corrected chi connectivity index (χ4v) is 3.85. The zero-order valence-electron chi connectivity index (χ0n) is 15.6. The molecule has 1 aromatic carbocycles. The fraction of sp³-hybridized carbons (Fsp3) is 0.222. The van der Waals surface area contributed by atoms with Crippen molar-refractivity contribution in [2.45, 2.75) is 24.2 Å². The van der Waals surface area contributed by atoms with Crippen LogP contribution < -0.4 is 5.32 Å². The highest BCUT2D eigenvalue weighted by molar-refractivity contribution is 7.90. The summed E-state index contributed by atoms with van der Waals surface area (Å²) in [6.45, 7) is 1.49. The van der Waals surface area contributed by atoms with Crippen molar-refractivity contribution in [1.29, 1.82) is 0 Å². The number of rotatable bonds is 5. The number of alkyl halides is 3. The Labute approximate surface area is 174 Å². The summed E-state index contributed by atoms with van der Waals surface area (Å²) in [7, 11) is -3.66. The molecule has 0 saturated heterocycles. The molecule has 1 atom stereocenters. The lowest BCUT2D eigenvalue weighted by atomic mass is 10.1. The molecule has 0 radical (unpaired) electrons. The van der Waals surface area contributed by atoms with Gasteiger partial charge < -0.3 is 10.3 Å². The molecule has 1 unspecified atom stereocenters. The highest BCUT2D eigenvalue weighted by Crippen LogP contribution is 2.31. The van der Waals surface area contributed by atoms with Gasteiger partial charge in [-0.1, -0.05) is 23.7 Å². The van der Waals surface area contributed by atoms with Crippen LogP contribution in [0.1, 0.15) is 28.8 Å². The van der Waals surface area contributed by atoms with Gasteiger partial charge in [-0.15, -0.1) is 0 Å². The van der Waals surface area contributed by atoms with Crippen molar-refractivity contribution < 1.29 is 26.0 Å². The second-order valence-electron chi connectivity index (χ2n) is 6.48. The minimum absolute atomic E-state index is 0.0785. The molecule has 30 heavy (non-hydrogen) atoms. The first-order valence-electron chi connectivity index (χ1n) is 8.38. The number of aryl methyl sites for hydroxylation is 1. The minimum Gasteiger partial charge on any atom is -0.356 e. The van der Waals surface area contributed by atoms with E-state index in [0.29, 0.717) is 5.56 Å². The Bertz CT molecular complexity index is 1200. The van der Waals surface area contributed by atoms with Gasteiger partial charge in [0.2, 0.25) is 0 Å². The maximum absolute atomic E-state index is 13.6. The molecule has 0 amide bonds. The van der Waals surface area contributed by atoms with Gasteiger partial charge in [0.25, 0.3) is 0 Å². The summed E-state index contributed by atoms with van der Waals surface area (Å²) in [6.07, 6.45) is -3.68. The van der Waals surface area contributed by atoms with E-state index in [4.69, 9.17) is 11.6 Å². The molecule has 2 aromatic heterocycles. The normalized spacial score (nSPS) is 13.3. The Morgan fingerprint density at radius 2 is 1.87 bits per heavy atom. The van der Waals surface area contributed by atoms with Crippen molar-refractivity contribution in [3.8, 4) is 0 Å². The van der Waals surface area contributed by atoms with Crippen LogP contribution >= 0.6 is 11.6 Å². The predicted octanol–water partition coefficient (Wildman–Crippen LogP) is 4.53. The predicted molar refractivity (Wildman–Crippen MR) is 103 cm³/mol. The first-order valence-corrected chi connectivity index (χ1v) is 10.7. The number of H-pyrrole nitrogens is 1. The van der Waals surface area contributed by atoms with Crippen molar-refractivity contribution in [3.05, 3.63) is 70.0 Å². The van der Waals surface area contributed by atoms with Crippen LogP contribution in [0.15, 0.2) is 41.4 Å². The summed E-state index contributed by atoms with van der Waals surface area (Å²) in [5.74, 6) is -0.760. The van der Waals surface area contributed by atoms with E-state index in [1.807, 2.05) is 0 Å². The number of halogens is 5. The molecule has 2 N–H and O–H groups in total. The quantitative estimate of drug-likeness (QED) is 0.544. The van der Waals surface area contributed by atoms with E-state index in [-0.39, 0.29) is 27.4 Å². The number of anilines is 1. The topological polar surface area (TPSA) is 87.7 Å². The molecule has 0 bridgehead atoms. The lowest BCUT2D eigenvalue weighted by Crippen LogP contribution is -2.17. The van der Waals surface area contributed by atoms with Gasteiger partial charge in [-0.25, -0.2) is 22.8 Å². The van der Waals surface area contributed by atoms with Gasteiger partial charge in [0.15, 0.2) is 14.9 Å². The Hall–Kier alpha value is -2.66. The summed E-state index contributed by atoms with van der Waals surface area (Å²) < 4.78 is 76.5. The summed E-state index contributed by atoms with van der Waals surface area (Å²) in [5.41, 5.74) is -0.547. The lowest BCUT2D eigenvalue weighted by molar-refractivity contribution is -0.141. The largest absolute Gasteiger partial charge is 0.433 e. The molecule has 6 nitrogen and oxygen atoms in total. The SMILES string of the molecule is Cc1[nH]c(C(Nc2cccc(C(F)(F)F)n2)c2ccc(F)c(Cl)c2)nc1S(C)(=O)=O. The first-order chi connectivity index (χ1) is 13.9. The number of hydrogen-bond donors (Lipinski definition) is 2. The van der Waals surface area contributed by atoms with E-state index in [1.54, 1.807) is 0 Å². The standard InChI is InChI=1S/C18H15ClF4N4O2S/c1-9-17(30(2,28)29)27-16(24-9)15(10-6-7-12(20)11(19)8-10)26-14-5-3-4-13(25-14)18(21,22)23/h3-8,15H,1-2H3,(H,24,27)(H,25,26). The van der Waals surface area contributed by atoms with Crippen LogP contribution in [0.3, 0.4) is 0 Å². The Morgan fingerprint density at radius 1 is 1.17 bits per heavy atom. The first kappa shape index (κ1) is 22.0. The Morgan fingerprint density at radius 3 is 2.43 bits per heavy atom. The number of nitrogens with one attached hydrogen (secondary N) is 2. The number of sulfone groups is 1. The van der Waals surface area contributed by atoms with Crippen LogP contribution in [0.2, 0.25) is 5.02 Å². The summed E-state index contributed by atoms with van der Waals surface area (Å²) in [5, 5.41) is 2.35. The fourth-order valence-electron chi connectivity index (χ4n) is 2.79. The minimum atomic E-state index is -4.66. The summed E-state index contributed by atoms with van der Waals surface area (Å²) in [6, 6.07) is 5.99. The molecule has 0 aliphatic carbocycles. The molecular formula is C18H15ClF4N4O2S. The number of aromatic nitrogens is 3. The maximum Gasteiger partial charge on any atom is 0.433 e. The van der Waals surface area contributed by atoms with Gasteiger partial charge in [-0.3, -0.25) is 0 Å². The van der Waals surface area contributed by atoms with E-state index in [2.05, 4.69) is 20.3 Å². The van der Waals surface area contributed by atoms with Gasteiger partial charge in [0, 0.05) is 6.26 Å². The highest BCUT2D eigenvalue weighted by atomic mass is 35.5. The van der Waals surface area contributed by atoms with Gasteiger partial charge in [0.1, 0.15) is 29.2 Å². The zero-order valence-corrected chi connectivity index (χ0v) is 17.1. The Kier molecular flexibility index (Phi) is 5.79. The molecule has 12 heteroatoms. The second kappa shape index (κ2) is 7.88. The lowest BCUT2D eigenvalue weighted by Gasteiger charge is -2.19. The van der Waals surface area contributed by atoms with Crippen molar-refractivity contribution in [3.63, 3.8) is 0 Å². The average molecular weight is 463 g/mol. The molecule has 0 aliphatic rings. The molecular weight excluding hydrogens is 448 g/mol. The van der Waals surface area contributed by atoms with Crippen LogP contribution in [-0.4, -0.2) is 29.6 Å². The van der Waals surface area contributed by atoms with Gasteiger partial charge in [-0.05, 0) is 36.8 Å². The molecule has 0 fully saturated rings. The molecule has 0 aliphatic heterocycles. The number of pyridine rings is 1. The number of imidazole rings is 1. The smallest absolute Gasteiger partial charge is 0.356 e. The van der Waals surface area contributed by atoms with Crippen LogP contribution in [0.25, 0.3) is 0 Å². The van der Waals surface area contributed by atoms with E-state index in [9.17, 15) is 26.0 Å². The van der Waals surface area contributed by atoms with Crippen molar-refractivity contribution >= 4 is 27.3 Å². The molecule has 3 rings (SSSR count). The molecule has 0 saturated carbocycles. The Balaban J connectivity index is 2.11. The van der Waals surface area contributed by atoms with Gasteiger partial charge in [0.05, 0.1) is 10.7 Å². The molecule has 3 aromatic rings. The van der Waals surface area contributed by atoms with Crippen LogP contribution in [-0.2, 0) is 16.0 Å². The summed E-state index contributed by atoms with van der Waals surface area (Å²) in [4.78, 5) is 10.4. The number of benzene rings is 1. The third-order valence-corrected chi connectivity index (χ3v) is 5.48. The molecule has 160 valence electrons. The second-order valence-corrected chi connectivity index (χ2v) is 8.82. The van der Waals surface area contributed by atoms with Crippen molar-refractivity contribution in [1.82, 2.24) is 15.0 Å². The van der Waals surface area contributed by atoms with Gasteiger partial charge in [-0.2, -0.15) is 13.2 Å². The average Bonchev–Trinajstić information content (AvgIpc) is 3.03. The van der Waals surface area contributed by atoms with E-state index in [0.717, 1.165) is 18.4 Å². The zero-order chi connectivity index (χ0) is 22.3. The van der Waals surface area contributed by atoms with Crippen molar-refractivity contribution in [2.24, 2.45) is 0 Å². The van der Waals surface area contributed by atoms with Crippen LogP contribution in [0.4, 0.5) is 23.4 Å². The van der Waals surface area contributed by atoms with Crippen molar-refractivity contribution in [2.75, 3.05) is 11.6 Å². The van der Waals surface area contributed by atoms with Crippen LogP contribution in [0.5, 0.6) is 0 Å². The number of nitrogens with zero attached hydrogens (tertiary/aromatic N) is 2. The van der Waals surface area contributed by atoms with E-state index >= 15 is 0 Å².